The molecular weight excluding hydrogens is 154 g/mol. The molecule has 1 nitrogen and oxygen atoms in total. The van der Waals surface area contributed by atoms with Gasteiger partial charge in [-0.25, -0.2) is 0 Å². The number of rotatable bonds is 1. The third-order valence-corrected chi connectivity index (χ3v) is 2.22. The lowest BCUT2D eigenvalue weighted by molar-refractivity contribution is 1.45. The molecule has 2 heteroatoms. The average molecular weight is 165 g/mol. The molecule has 0 atom stereocenters. The molecule has 0 N–H and O–H groups in total. The van der Waals surface area contributed by atoms with Gasteiger partial charge in [0.15, 0.2) is 0 Å². The zero-order valence-corrected chi connectivity index (χ0v) is 7.56. The Morgan fingerprint density at radius 1 is 1.27 bits per heavy atom. The number of thioether (sulfide) groups is 1. The van der Waals surface area contributed by atoms with Crippen molar-refractivity contribution in [2.75, 3.05) is 13.3 Å². The van der Waals surface area contributed by atoms with E-state index in [-0.39, 0.29) is 0 Å². The first-order valence-electron chi connectivity index (χ1n) is 3.44. The van der Waals surface area contributed by atoms with Crippen molar-refractivity contribution in [2.24, 2.45) is 4.99 Å². The lowest BCUT2D eigenvalue weighted by Gasteiger charge is -1.99. The van der Waals surface area contributed by atoms with Gasteiger partial charge in [0, 0.05) is 12.6 Å². The van der Waals surface area contributed by atoms with Gasteiger partial charge in [-0.2, -0.15) is 0 Å². The molecule has 11 heavy (non-hydrogen) atoms. The molecule has 0 saturated heterocycles. The molecule has 0 spiro atoms. The third kappa shape index (κ3) is 2.09. The zero-order valence-electron chi connectivity index (χ0n) is 6.74. The van der Waals surface area contributed by atoms with E-state index in [9.17, 15) is 0 Å². The van der Waals surface area contributed by atoms with Crippen LogP contribution < -0.4 is 0 Å². The van der Waals surface area contributed by atoms with Crippen LogP contribution in [0.3, 0.4) is 0 Å². The molecule has 0 amide bonds. The molecule has 0 fully saturated rings. The Morgan fingerprint density at radius 2 is 1.91 bits per heavy atom. The smallest absolute Gasteiger partial charge is 0.0970 e. The van der Waals surface area contributed by atoms with E-state index in [2.05, 4.69) is 17.1 Å². The maximum absolute atomic E-state index is 4.16. The summed E-state index contributed by atoms with van der Waals surface area (Å²) in [5, 5.41) is 1.09. The fourth-order valence-electron chi connectivity index (χ4n) is 0.919. The molecule has 0 bridgehead atoms. The van der Waals surface area contributed by atoms with E-state index in [1.54, 1.807) is 11.8 Å². The van der Waals surface area contributed by atoms with Crippen LogP contribution >= 0.6 is 11.8 Å². The summed E-state index contributed by atoms with van der Waals surface area (Å²) in [6, 6.07) is 10.2. The van der Waals surface area contributed by atoms with E-state index in [0.717, 1.165) is 5.04 Å². The van der Waals surface area contributed by atoms with Gasteiger partial charge >= 0.3 is 0 Å². The Kier molecular flexibility index (Phi) is 3.17. The van der Waals surface area contributed by atoms with Gasteiger partial charge in [-0.05, 0) is 6.26 Å². The van der Waals surface area contributed by atoms with Crippen LogP contribution in [0.4, 0.5) is 0 Å². The predicted octanol–water partition coefficient (Wildman–Crippen LogP) is 2.43. The van der Waals surface area contributed by atoms with Crippen molar-refractivity contribution < 1.29 is 0 Å². The summed E-state index contributed by atoms with van der Waals surface area (Å²) in [6.45, 7) is 0. The standard InChI is InChI=1S/C9H11NS/c1-10-9(11-2)8-6-4-3-5-7-8/h3-7H,1-2H3. The van der Waals surface area contributed by atoms with Crippen molar-refractivity contribution in [1.82, 2.24) is 0 Å². The Balaban J connectivity index is 2.92. The highest BCUT2D eigenvalue weighted by atomic mass is 32.2. The molecule has 0 aliphatic heterocycles. The van der Waals surface area contributed by atoms with Crippen LogP contribution in [0.2, 0.25) is 0 Å². The summed E-state index contributed by atoms with van der Waals surface area (Å²) in [7, 11) is 1.82. The van der Waals surface area contributed by atoms with Crippen LogP contribution in [0.25, 0.3) is 0 Å². The van der Waals surface area contributed by atoms with E-state index in [1.165, 1.54) is 5.56 Å². The monoisotopic (exact) mass is 165 g/mol. The van der Waals surface area contributed by atoms with Gasteiger partial charge in [-0.1, -0.05) is 30.3 Å². The highest BCUT2D eigenvalue weighted by Crippen LogP contribution is 2.09. The average Bonchev–Trinajstić information content (AvgIpc) is 2.09. The van der Waals surface area contributed by atoms with Gasteiger partial charge in [-0.3, -0.25) is 4.99 Å². The Morgan fingerprint density at radius 3 is 2.36 bits per heavy atom. The summed E-state index contributed by atoms with van der Waals surface area (Å²) in [5.41, 5.74) is 1.20. The summed E-state index contributed by atoms with van der Waals surface area (Å²) in [6.07, 6.45) is 2.04. The van der Waals surface area contributed by atoms with Crippen molar-refractivity contribution >= 4 is 16.8 Å². The number of hydrogen-bond acceptors (Lipinski definition) is 2. The Labute approximate surface area is 71.5 Å². The molecule has 0 aliphatic carbocycles. The maximum atomic E-state index is 4.16. The molecule has 0 unspecified atom stereocenters. The molecule has 1 aromatic rings. The summed E-state index contributed by atoms with van der Waals surface area (Å²) < 4.78 is 0. The molecule has 0 radical (unpaired) electrons. The van der Waals surface area contributed by atoms with Crippen LogP contribution in [0.15, 0.2) is 35.3 Å². The van der Waals surface area contributed by atoms with Gasteiger partial charge in [0.1, 0.15) is 0 Å². The summed E-state index contributed by atoms with van der Waals surface area (Å²) in [5.74, 6) is 0. The van der Waals surface area contributed by atoms with E-state index < -0.39 is 0 Å². The van der Waals surface area contributed by atoms with E-state index in [0.29, 0.717) is 0 Å². The molecule has 1 aromatic carbocycles. The second-order valence-corrected chi connectivity index (χ2v) is 2.89. The van der Waals surface area contributed by atoms with Gasteiger partial charge in [-0.15, -0.1) is 11.8 Å². The second kappa shape index (κ2) is 4.19. The van der Waals surface area contributed by atoms with E-state index >= 15 is 0 Å². The third-order valence-electron chi connectivity index (χ3n) is 1.42. The van der Waals surface area contributed by atoms with Gasteiger partial charge in [0.05, 0.1) is 5.04 Å². The van der Waals surface area contributed by atoms with Gasteiger partial charge < -0.3 is 0 Å². The Hall–Kier alpha value is -0.760. The quantitative estimate of drug-likeness (QED) is 0.460. The SMILES string of the molecule is CN=C(SC)c1ccccc1. The topological polar surface area (TPSA) is 12.4 Å². The first-order valence-corrected chi connectivity index (χ1v) is 4.67. The second-order valence-electron chi connectivity index (χ2n) is 2.10. The van der Waals surface area contributed by atoms with Crippen molar-refractivity contribution in [3.05, 3.63) is 35.9 Å². The molecule has 0 saturated carbocycles. The summed E-state index contributed by atoms with van der Waals surface area (Å²) >= 11 is 1.67. The van der Waals surface area contributed by atoms with E-state index in [4.69, 9.17) is 0 Å². The lowest BCUT2D eigenvalue weighted by atomic mass is 10.2. The molecule has 0 aliphatic rings. The summed E-state index contributed by atoms with van der Waals surface area (Å²) in [4.78, 5) is 4.16. The largest absolute Gasteiger partial charge is 0.281 e. The van der Waals surface area contributed by atoms with Crippen LogP contribution in [-0.4, -0.2) is 18.3 Å². The lowest BCUT2D eigenvalue weighted by Crippen LogP contribution is -1.92. The fraction of sp³-hybridized carbons (Fsp3) is 0.222. The van der Waals surface area contributed by atoms with Crippen molar-refractivity contribution in [3.63, 3.8) is 0 Å². The molecule has 0 heterocycles. The normalized spacial score (nSPS) is 11.6. The fourth-order valence-corrected chi connectivity index (χ4v) is 1.47. The molecular formula is C9H11NS. The molecule has 0 aromatic heterocycles. The number of benzene rings is 1. The van der Waals surface area contributed by atoms with Crippen LogP contribution in [0.1, 0.15) is 5.56 Å². The van der Waals surface area contributed by atoms with E-state index in [1.807, 2.05) is 31.5 Å². The number of aliphatic imine (C=N–C) groups is 1. The molecule has 1 rings (SSSR count). The van der Waals surface area contributed by atoms with Crippen LogP contribution in [0.5, 0.6) is 0 Å². The minimum atomic E-state index is 1.09. The van der Waals surface area contributed by atoms with Gasteiger partial charge in [0.25, 0.3) is 0 Å². The van der Waals surface area contributed by atoms with Crippen molar-refractivity contribution in [3.8, 4) is 0 Å². The van der Waals surface area contributed by atoms with Gasteiger partial charge in [0.2, 0.25) is 0 Å². The highest BCUT2D eigenvalue weighted by Gasteiger charge is 1.96. The number of nitrogens with zero attached hydrogens (tertiary/aromatic N) is 1. The first-order chi connectivity index (χ1) is 5.38. The van der Waals surface area contributed by atoms with Crippen molar-refractivity contribution in [2.45, 2.75) is 0 Å². The maximum Gasteiger partial charge on any atom is 0.0970 e. The van der Waals surface area contributed by atoms with Crippen LogP contribution in [-0.2, 0) is 0 Å². The Bertz CT molecular complexity index is 241. The minimum Gasteiger partial charge on any atom is -0.281 e. The van der Waals surface area contributed by atoms with Crippen LogP contribution in [0, 0.1) is 0 Å². The highest BCUT2D eigenvalue weighted by molar-refractivity contribution is 8.13. The van der Waals surface area contributed by atoms with Crippen molar-refractivity contribution in [1.29, 1.82) is 0 Å². The minimum absolute atomic E-state index is 1.09. The first kappa shape index (κ1) is 8.34. The predicted molar refractivity (Wildman–Crippen MR) is 52.4 cm³/mol. The zero-order chi connectivity index (χ0) is 8.10. The number of hydrogen-bond donors (Lipinski definition) is 0. The molecule has 58 valence electrons.